The largest absolute Gasteiger partial charge is 0.221 e. The molecule has 1 atom stereocenters. The Balaban J connectivity index is 3.85. The molecule has 0 spiro atoms. The summed E-state index contributed by atoms with van der Waals surface area (Å²) in [4.78, 5) is 0. The summed E-state index contributed by atoms with van der Waals surface area (Å²) in [7, 11) is 0.00694. The first kappa shape index (κ1) is 6.34. The zero-order valence-electron chi connectivity index (χ0n) is 3.30. The lowest BCUT2D eigenvalue weighted by Crippen LogP contribution is -2.09. The highest BCUT2D eigenvalue weighted by Gasteiger charge is 1.88. The fraction of sp³-hybridized carbons (Fsp3) is 1.00. The third-order valence-corrected chi connectivity index (χ3v) is 1.56. The van der Waals surface area contributed by atoms with E-state index in [0.29, 0.717) is 0 Å². The molecule has 0 bridgehead atoms. The molecule has 0 heterocycles. The van der Waals surface area contributed by atoms with E-state index in [1.165, 1.54) is 7.05 Å². The van der Waals surface area contributed by atoms with E-state index in [-0.39, 0.29) is 0 Å². The van der Waals surface area contributed by atoms with Gasteiger partial charge in [0, 0.05) is 8.44 Å². The second-order valence-electron chi connectivity index (χ2n) is 0.749. The van der Waals surface area contributed by atoms with E-state index in [1.807, 2.05) is 4.72 Å². The first-order valence-electron chi connectivity index (χ1n) is 1.27. The topological polar surface area (TPSA) is 46.2 Å². The van der Waals surface area contributed by atoms with E-state index >= 15 is 0 Å². The maximum Gasteiger partial charge on any atom is 0.221 e. The molecule has 0 aliphatic heterocycles. The molecule has 3 nitrogen and oxygen atoms in total. The van der Waals surface area contributed by atoms with E-state index in [0.717, 1.165) is 0 Å². The van der Waals surface area contributed by atoms with Crippen molar-refractivity contribution in [2.75, 3.05) is 7.05 Å². The molecule has 0 aromatic rings. The van der Waals surface area contributed by atoms with Gasteiger partial charge in [0.15, 0.2) is 0 Å². The van der Waals surface area contributed by atoms with Gasteiger partial charge in [-0.25, -0.2) is 13.1 Å². The summed E-state index contributed by atoms with van der Waals surface area (Å²) in [6.45, 7) is 0. The third kappa shape index (κ3) is 4.34. The van der Waals surface area contributed by atoms with E-state index in [2.05, 4.69) is 0 Å². The van der Waals surface area contributed by atoms with E-state index in [9.17, 15) is 8.42 Å². The van der Waals surface area contributed by atoms with Crippen molar-refractivity contribution in [2.24, 2.45) is 0 Å². The Morgan fingerprint density at radius 1 is 1.67 bits per heavy atom. The summed E-state index contributed by atoms with van der Waals surface area (Å²) in [5.74, 6) is 0. The van der Waals surface area contributed by atoms with Crippen LogP contribution in [0.5, 0.6) is 0 Å². The first-order valence-corrected chi connectivity index (χ1v) is 4.23. The van der Waals surface area contributed by atoms with Crippen molar-refractivity contribution in [3.63, 3.8) is 0 Å². The highest BCUT2D eigenvalue weighted by Crippen LogP contribution is 1.89. The normalized spacial score (nSPS) is 11.7. The Kier molecular flexibility index (Phi) is 1.97. The highest BCUT2D eigenvalue weighted by molar-refractivity contribution is 8.36. The summed E-state index contributed by atoms with van der Waals surface area (Å²) in [6, 6.07) is 0. The SMILES string of the molecule is CNS(=O)(=O)P. The van der Waals surface area contributed by atoms with E-state index < -0.39 is 9.64 Å². The molecule has 0 aromatic carbocycles. The van der Waals surface area contributed by atoms with Gasteiger partial charge in [-0.15, -0.1) is 0 Å². The highest BCUT2D eigenvalue weighted by atomic mass is 32.7. The van der Waals surface area contributed by atoms with Gasteiger partial charge >= 0.3 is 0 Å². The third-order valence-electron chi connectivity index (χ3n) is 0.285. The lowest BCUT2D eigenvalue weighted by atomic mass is 11.6. The van der Waals surface area contributed by atoms with E-state index in [4.69, 9.17) is 0 Å². The molecule has 0 aliphatic carbocycles. The predicted octanol–water partition coefficient (Wildman–Crippen LogP) is -0.674. The molecule has 6 heavy (non-hydrogen) atoms. The Hall–Kier alpha value is 0.340. The van der Waals surface area contributed by atoms with Crippen LogP contribution in [0.2, 0.25) is 0 Å². The quantitative estimate of drug-likeness (QED) is 0.474. The molecule has 0 aliphatic rings. The van der Waals surface area contributed by atoms with Crippen molar-refractivity contribution in [1.29, 1.82) is 0 Å². The summed E-state index contributed by atoms with van der Waals surface area (Å²) in [6.07, 6.45) is 0. The van der Waals surface area contributed by atoms with Gasteiger partial charge in [0.1, 0.15) is 0 Å². The van der Waals surface area contributed by atoms with Gasteiger partial charge in [0.05, 0.1) is 0 Å². The molecule has 1 unspecified atom stereocenters. The second-order valence-corrected chi connectivity index (χ2v) is 4.11. The van der Waals surface area contributed by atoms with Gasteiger partial charge in [-0.3, -0.25) is 0 Å². The average molecular weight is 127 g/mol. The standard InChI is InChI=1S/CH6NO2PS/c1-2-6(3,4)5/h2H,5H2,1H3. The summed E-state index contributed by atoms with van der Waals surface area (Å²) in [5.41, 5.74) is 0. The van der Waals surface area contributed by atoms with Crippen LogP contribution >= 0.6 is 8.44 Å². The Morgan fingerprint density at radius 2 is 1.83 bits per heavy atom. The van der Waals surface area contributed by atoms with Crippen molar-refractivity contribution in [3.05, 3.63) is 0 Å². The van der Waals surface area contributed by atoms with Crippen LogP contribution in [-0.4, -0.2) is 15.5 Å². The Bertz CT molecular complexity index is 116. The van der Waals surface area contributed by atoms with Crippen molar-refractivity contribution in [3.8, 4) is 0 Å². The Morgan fingerprint density at radius 3 is 1.83 bits per heavy atom. The number of hydrogen-bond acceptors (Lipinski definition) is 2. The molecule has 1 N–H and O–H groups in total. The van der Waals surface area contributed by atoms with Crippen LogP contribution in [0.25, 0.3) is 0 Å². The van der Waals surface area contributed by atoms with Crippen molar-refractivity contribution in [2.45, 2.75) is 0 Å². The van der Waals surface area contributed by atoms with Crippen LogP contribution in [0.4, 0.5) is 0 Å². The number of hydrogen-bond donors (Lipinski definition) is 1. The molecule has 0 radical (unpaired) electrons. The van der Waals surface area contributed by atoms with Crippen molar-refractivity contribution in [1.82, 2.24) is 4.72 Å². The van der Waals surface area contributed by atoms with Crippen LogP contribution in [-0.2, 0) is 9.64 Å². The van der Waals surface area contributed by atoms with Gasteiger partial charge in [-0.2, -0.15) is 0 Å². The summed E-state index contributed by atoms with van der Waals surface area (Å²) >= 11 is 0. The molecule has 0 aromatic heterocycles. The zero-order chi connectivity index (χ0) is 5.21. The number of rotatable bonds is 1. The molecular weight excluding hydrogens is 121 g/mol. The maximum absolute atomic E-state index is 9.85. The minimum atomic E-state index is -3.00. The van der Waals surface area contributed by atoms with Gasteiger partial charge in [-0.1, -0.05) is 0 Å². The van der Waals surface area contributed by atoms with Gasteiger partial charge in [0.25, 0.3) is 0 Å². The van der Waals surface area contributed by atoms with E-state index in [1.54, 1.807) is 8.44 Å². The smallest absolute Gasteiger partial charge is 0.216 e. The summed E-state index contributed by atoms with van der Waals surface area (Å²) < 4.78 is 21.7. The lowest BCUT2D eigenvalue weighted by Gasteiger charge is -1.85. The molecule has 0 rings (SSSR count). The van der Waals surface area contributed by atoms with Gasteiger partial charge < -0.3 is 0 Å². The molecule has 38 valence electrons. The lowest BCUT2D eigenvalue weighted by molar-refractivity contribution is 0.603. The predicted molar refractivity (Wildman–Crippen MR) is 27.7 cm³/mol. The van der Waals surface area contributed by atoms with Crippen molar-refractivity contribution >= 4 is 18.1 Å². The fourth-order valence-electron chi connectivity index (χ4n) is 0. The Labute approximate surface area is 39.1 Å². The minimum absolute atomic E-state index is 1.35. The monoisotopic (exact) mass is 127 g/mol. The van der Waals surface area contributed by atoms with Crippen LogP contribution in [0.15, 0.2) is 0 Å². The van der Waals surface area contributed by atoms with Crippen LogP contribution < -0.4 is 4.72 Å². The van der Waals surface area contributed by atoms with Crippen LogP contribution in [0.1, 0.15) is 0 Å². The summed E-state index contributed by atoms with van der Waals surface area (Å²) in [5, 5.41) is 0. The second kappa shape index (κ2) is 1.87. The van der Waals surface area contributed by atoms with Gasteiger partial charge in [0.2, 0.25) is 9.64 Å². The molecular formula is CH6NO2PS. The minimum Gasteiger partial charge on any atom is -0.216 e. The molecule has 0 saturated heterocycles. The average Bonchev–Trinajstić information content (AvgIpc) is 1.35. The van der Waals surface area contributed by atoms with Crippen LogP contribution in [0.3, 0.4) is 0 Å². The fourth-order valence-corrected chi connectivity index (χ4v) is 0. The van der Waals surface area contributed by atoms with Crippen molar-refractivity contribution < 1.29 is 8.42 Å². The number of nitrogens with one attached hydrogen (secondary N) is 1. The first-order chi connectivity index (χ1) is 2.56. The molecule has 0 amide bonds. The molecule has 0 fully saturated rings. The van der Waals surface area contributed by atoms with Crippen LogP contribution in [0, 0.1) is 0 Å². The van der Waals surface area contributed by atoms with Gasteiger partial charge in [-0.05, 0) is 7.05 Å². The maximum atomic E-state index is 9.85. The molecule has 0 saturated carbocycles. The zero-order valence-corrected chi connectivity index (χ0v) is 5.27. The molecule has 5 heteroatoms.